The number of carbonyl (C=O) groups is 2. The molecule has 7 nitrogen and oxygen atoms in total. The van der Waals surface area contributed by atoms with Gasteiger partial charge in [-0.05, 0) is 53.7 Å². The first kappa shape index (κ1) is 23.0. The Kier molecular flexibility index (Phi) is 7.21. The molecule has 1 N–H and O–H groups in total. The number of rotatable bonds is 8. The summed E-state index contributed by atoms with van der Waals surface area (Å²) in [7, 11) is 2.90. The van der Waals surface area contributed by atoms with E-state index in [9.17, 15) is 14.0 Å². The first-order valence-corrected chi connectivity index (χ1v) is 9.91. The molecule has 3 rings (SSSR count). The minimum absolute atomic E-state index is 0.0216. The van der Waals surface area contributed by atoms with Crippen LogP contribution in [0.25, 0.3) is 6.08 Å². The molecule has 1 aliphatic heterocycles. The molecule has 2 aromatic carbocycles. The van der Waals surface area contributed by atoms with Crippen LogP contribution in [-0.4, -0.2) is 42.6 Å². The van der Waals surface area contributed by atoms with Crippen LogP contribution >= 0.6 is 12.2 Å². The number of thiocarbonyl (C=S) groups is 1. The minimum atomic E-state index is -0.607. The topological polar surface area (TPSA) is 77.1 Å². The second-order valence-electron chi connectivity index (χ2n) is 6.69. The maximum Gasteiger partial charge on any atom is 0.265 e. The van der Waals surface area contributed by atoms with Gasteiger partial charge in [-0.25, -0.2) is 4.39 Å². The zero-order chi connectivity index (χ0) is 23.3. The van der Waals surface area contributed by atoms with Gasteiger partial charge in [-0.2, -0.15) is 0 Å². The first-order chi connectivity index (χ1) is 15.4. The van der Waals surface area contributed by atoms with Crippen molar-refractivity contribution >= 4 is 35.2 Å². The predicted octanol–water partition coefficient (Wildman–Crippen LogP) is 3.23. The summed E-state index contributed by atoms with van der Waals surface area (Å²) in [6, 6.07) is 9.23. The highest BCUT2D eigenvalue weighted by Gasteiger charge is 2.32. The molecule has 0 bridgehead atoms. The SMILES string of the molecule is C=CCN1C(=O)/C(=C/c2cc(OC)c(OCc3cccc(F)c3)c(OC)c2)C(=O)NC1=S. The van der Waals surface area contributed by atoms with Crippen LogP contribution in [0.1, 0.15) is 11.1 Å². The molecule has 2 amide bonds. The Balaban J connectivity index is 1.94. The summed E-state index contributed by atoms with van der Waals surface area (Å²) in [5.41, 5.74) is 1.00. The van der Waals surface area contributed by atoms with Crippen LogP contribution in [0.3, 0.4) is 0 Å². The van der Waals surface area contributed by atoms with E-state index in [0.29, 0.717) is 28.4 Å². The Morgan fingerprint density at radius 1 is 1.16 bits per heavy atom. The van der Waals surface area contributed by atoms with Crippen LogP contribution in [0.2, 0.25) is 0 Å². The van der Waals surface area contributed by atoms with Crippen molar-refractivity contribution in [1.29, 1.82) is 0 Å². The van der Waals surface area contributed by atoms with Gasteiger partial charge in [0, 0.05) is 6.54 Å². The second-order valence-corrected chi connectivity index (χ2v) is 7.08. The minimum Gasteiger partial charge on any atom is -0.493 e. The summed E-state index contributed by atoms with van der Waals surface area (Å²) in [5.74, 6) is -0.583. The van der Waals surface area contributed by atoms with Gasteiger partial charge in [-0.1, -0.05) is 18.2 Å². The van der Waals surface area contributed by atoms with Gasteiger partial charge < -0.3 is 14.2 Å². The Labute approximate surface area is 190 Å². The van der Waals surface area contributed by atoms with Crippen LogP contribution in [0.15, 0.2) is 54.6 Å². The lowest BCUT2D eigenvalue weighted by molar-refractivity contribution is -0.128. The van der Waals surface area contributed by atoms with E-state index in [-0.39, 0.29) is 29.7 Å². The summed E-state index contributed by atoms with van der Waals surface area (Å²) in [6.45, 7) is 3.84. The normalized spacial score (nSPS) is 14.9. The Bertz CT molecular complexity index is 1090. The molecule has 0 saturated carbocycles. The molecule has 2 aromatic rings. The smallest absolute Gasteiger partial charge is 0.265 e. The molecule has 0 aliphatic carbocycles. The second kappa shape index (κ2) is 10.1. The lowest BCUT2D eigenvalue weighted by atomic mass is 10.1. The highest BCUT2D eigenvalue weighted by molar-refractivity contribution is 7.80. The molecular weight excluding hydrogens is 435 g/mol. The van der Waals surface area contributed by atoms with E-state index in [4.69, 9.17) is 26.4 Å². The lowest BCUT2D eigenvalue weighted by Crippen LogP contribution is -2.53. The fraction of sp³-hybridized carbons (Fsp3) is 0.174. The van der Waals surface area contributed by atoms with Gasteiger partial charge in [0.05, 0.1) is 14.2 Å². The molecule has 1 heterocycles. The number of hydrogen-bond acceptors (Lipinski definition) is 6. The maximum atomic E-state index is 13.4. The lowest BCUT2D eigenvalue weighted by Gasteiger charge is -2.27. The van der Waals surface area contributed by atoms with Crippen LogP contribution in [0.5, 0.6) is 17.2 Å². The number of carbonyl (C=O) groups excluding carboxylic acids is 2. The van der Waals surface area contributed by atoms with Crippen LogP contribution < -0.4 is 19.5 Å². The Morgan fingerprint density at radius 2 is 1.84 bits per heavy atom. The molecule has 9 heteroatoms. The monoisotopic (exact) mass is 456 g/mol. The van der Waals surface area contributed by atoms with Crippen molar-refractivity contribution < 1.29 is 28.2 Å². The third-order valence-corrected chi connectivity index (χ3v) is 4.89. The van der Waals surface area contributed by atoms with Gasteiger partial charge in [0.1, 0.15) is 18.0 Å². The highest BCUT2D eigenvalue weighted by Crippen LogP contribution is 2.39. The average molecular weight is 456 g/mol. The van der Waals surface area contributed by atoms with Gasteiger partial charge in [0.15, 0.2) is 16.6 Å². The van der Waals surface area contributed by atoms with E-state index in [1.807, 2.05) is 0 Å². The molecule has 0 unspecified atom stereocenters. The average Bonchev–Trinajstić information content (AvgIpc) is 2.77. The van der Waals surface area contributed by atoms with E-state index in [1.54, 1.807) is 24.3 Å². The standard InChI is InChI=1S/C23H21FN2O5S/c1-4-8-26-22(28)17(21(27)25-23(26)32)10-15-11-18(29-2)20(19(12-15)30-3)31-13-14-6-5-7-16(24)9-14/h4-7,9-12H,1,8,13H2,2-3H3,(H,25,27,32)/b17-10+. The fourth-order valence-corrected chi connectivity index (χ4v) is 3.31. The number of hydrogen-bond donors (Lipinski definition) is 1. The molecular formula is C23H21FN2O5S. The number of benzene rings is 2. The quantitative estimate of drug-likeness (QED) is 0.285. The number of ether oxygens (including phenoxy) is 3. The third kappa shape index (κ3) is 4.94. The van der Waals surface area contributed by atoms with Gasteiger partial charge in [0.25, 0.3) is 11.8 Å². The van der Waals surface area contributed by atoms with Gasteiger partial charge >= 0.3 is 0 Å². The van der Waals surface area contributed by atoms with Crippen molar-refractivity contribution in [2.75, 3.05) is 20.8 Å². The highest BCUT2D eigenvalue weighted by atomic mass is 32.1. The molecule has 0 aromatic heterocycles. The third-order valence-electron chi connectivity index (χ3n) is 4.56. The van der Waals surface area contributed by atoms with Gasteiger partial charge in [-0.3, -0.25) is 19.8 Å². The van der Waals surface area contributed by atoms with Crippen molar-refractivity contribution in [3.05, 3.63) is 71.6 Å². The van der Waals surface area contributed by atoms with Crippen LogP contribution in [-0.2, 0) is 16.2 Å². The fourth-order valence-electron chi connectivity index (χ4n) is 3.06. The summed E-state index contributed by atoms with van der Waals surface area (Å²) in [5, 5.41) is 2.51. The van der Waals surface area contributed by atoms with E-state index in [0.717, 1.165) is 0 Å². The summed E-state index contributed by atoms with van der Waals surface area (Å²) >= 11 is 5.06. The molecule has 32 heavy (non-hydrogen) atoms. The van der Waals surface area contributed by atoms with E-state index in [2.05, 4.69) is 11.9 Å². The molecule has 0 spiro atoms. The number of halogens is 1. The Morgan fingerprint density at radius 3 is 2.44 bits per heavy atom. The molecule has 166 valence electrons. The number of nitrogens with zero attached hydrogens (tertiary/aromatic N) is 1. The number of methoxy groups -OCH3 is 2. The summed E-state index contributed by atoms with van der Waals surface area (Å²) in [6.07, 6.45) is 2.92. The van der Waals surface area contributed by atoms with E-state index < -0.39 is 11.8 Å². The summed E-state index contributed by atoms with van der Waals surface area (Å²) in [4.78, 5) is 26.4. The van der Waals surface area contributed by atoms with Crippen molar-refractivity contribution in [2.45, 2.75) is 6.61 Å². The van der Waals surface area contributed by atoms with E-state index >= 15 is 0 Å². The molecule has 1 fully saturated rings. The zero-order valence-corrected chi connectivity index (χ0v) is 18.3. The first-order valence-electron chi connectivity index (χ1n) is 9.51. The number of nitrogens with one attached hydrogen (secondary N) is 1. The zero-order valence-electron chi connectivity index (χ0n) is 17.5. The molecule has 1 aliphatic rings. The molecule has 0 radical (unpaired) electrons. The number of amides is 2. The largest absolute Gasteiger partial charge is 0.493 e. The van der Waals surface area contributed by atoms with E-state index in [1.165, 1.54) is 43.4 Å². The molecule has 0 atom stereocenters. The van der Waals surface area contributed by atoms with Gasteiger partial charge in [0.2, 0.25) is 5.75 Å². The Hall–Kier alpha value is -3.72. The predicted molar refractivity (Wildman–Crippen MR) is 121 cm³/mol. The maximum absolute atomic E-state index is 13.4. The molecule has 1 saturated heterocycles. The van der Waals surface area contributed by atoms with Crippen molar-refractivity contribution in [3.63, 3.8) is 0 Å². The van der Waals surface area contributed by atoms with Crippen LogP contribution in [0.4, 0.5) is 4.39 Å². The van der Waals surface area contributed by atoms with Crippen molar-refractivity contribution in [2.24, 2.45) is 0 Å². The van der Waals surface area contributed by atoms with Crippen molar-refractivity contribution in [3.8, 4) is 17.2 Å². The summed E-state index contributed by atoms with van der Waals surface area (Å²) < 4.78 is 30.1. The van der Waals surface area contributed by atoms with Crippen LogP contribution in [0, 0.1) is 5.82 Å². The van der Waals surface area contributed by atoms with Gasteiger partial charge in [-0.15, -0.1) is 6.58 Å². The van der Waals surface area contributed by atoms with Crippen molar-refractivity contribution in [1.82, 2.24) is 10.2 Å².